The molecule has 1 amide bonds. The summed E-state index contributed by atoms with van der Waals surface area (Å²) in [7, 11) is 3.36. The van der Waals surface area contributed by atoms with E-state index in [-0.39, 0.29) is 10.9 Å². The Bertz CT molecular complexity index is 477. The Kier molecular flexibility index (Phi) is 5.10. The van der Waals surface area contributed by atoms with E-state index in [0.717, 1.165) is 4.47 Å². The van der Waals surface area contributed by atoms with Crippen molar-refractivity contribution < 1.29 is 9.53 Å². The van der Waals surface area contributed by atoms with Crippen LogP contribution < -0.4 is 10.5 Å². The number of likely N-dealkylation sites (N-methyl/N-ethyl adjacent to an activating group) is 1. The smallest absolute Gasteiger partial charge is 0.262 e. The number of rotatable bonds is 4. The van der Waals surface area contributed by atoms with Gasteiger partial charge in [-0.15, -0.1) is 0 Å². The SMILES string of the molecule is CC(Oc1ccc(Br)cc1C(N)=S)C(=O)N(C)C. The second kappa shape index (κ2) is 6.15. The van der Waals surface area contributed by atoms with Crippen LogP contribution in [0.1, 0.15) is 12.5 Å². The Morgan fingerprint density at radius 1 is 1.50 bits per heavy atom. The van der Waals surface area contributed by atoms with Gasteiger partial charge >= 0.3 is 0 Å². The number of thiocarbonyl (C=S) groups is 1. The van der Waals surface area contributed by atoms with Crippen LogP contribution in [-0.2, 0) is 4.79 Å². The summed E-state index contributed by atoms with van der Waals surface area (Å²) in [6.45, 7) is 1.69. The van der Waals surface area contributed by atoms with Crippen LogP contribution in [0.25, 0.3) is 0 Å². The fourth-order valence-corrected chi connectivity index (χ4v) is 1.92. The number of nitrogens with zero attached hydrogens (tertiary/aromatic N) is 1. The molecule has 98 valence electrons. The molecule has 1 rings (SSSR count). The summed E-state index contributed by atoms with van der Waals surface area (Å²) < 4.78 is 6.46. The van der Waals surface area contributed by atoms with E-state index in [4.69, 9.17) is 22.7 Å². The van der Waals surface area contributed by atoms with E-state index in [1.165, 1.54) is 4.90 Å². The minimum absolute atomic E-state index is 0.119. The highest BCUT2D eigenvalue weighted by atomic mass is 79.9. The number of ether oxygens (including phenoxy) is 1. The highest BCUT2D eigenvalue weighted by molar-refractivity contribution is 9.10. The van der Waals surface area contributed by atoms with Crippen LogP contribution in [0.15, 0.2) is 22.7 Å². The molecule has 2 N–H and O–H groups in total. The lowest BCUT2D eigenvalue weighted by Gasteiger charge is -2.19. The molecule has 0 saturated heterocycles. The van der Waals surface area contributed by atoms with Gasteiger partial charge in [0.2, 0.25) is 0 Å². The van der Waals surface area contributed by atoms with Crippen molar-refractivity contribution in [2.24, 2.45) is 5.73 Å². The fraction of sp³-hybridized carbons (Fsp3) is 0.333. The Balaban J connectivity index is 2.97. The summed E-state index contributed by atoms with van der Waals surface area (Å²) in [6, 6.07) is 5.31. The molecule has 1 aromatic carbocycles. The highest BCUT2D eigenvalue weighted by Crippen LogP contribution is 2.24. The van der Waals surface area contributed by atoms with Crippen LogP contribution in [0, 0.1) is 0 Å². The first-order valence-corrected chi connectivity index (χ1v) is 6.50. The molecule has 0 aliphatic carbocycles. The van der Waals surface area contributed by atoms with Crippen molar-refractivity contribution in [3.63, 3.8) is 0 Å². The van der Waals surface area contributed by atoms with E-state index in [1.807, 2.05) is 6.07 Å². The number of benzene rings is 1. The lowest BCUT2D eigenvalue weighted by molar-refractivity contribution is -0.135. The molecular formula is C12H15BrN2O2S. The molecule has 0 bridgehead atoms. The van der Waals surface area contributed by atoms with Crippen molar-refractivity contribution >= 4 is 39.0 Å². The predicted molar refractivity (Wildman–Crippen MR) is 78.8 cm³/mol. The second-order valence-electron chi connectivity index (χ2n) is 4.00. The van der Waals surface area contributed by atoms with Crippen LogP contribution in [0.3, 0.4) is 0 Å². The van der Waals surface area contributed by atoms with Crippen LogP contribution in [0.5, 0.6) is 5.75 Å². The number of amides is 1. The van der Waals surface area contributed by atoms with Crippen molar-refractivity contribution in [2.75, 3.05) is 14.1 Å². The normalized spacial score (nSPS) is 11.8. The molecule has 1 aromatic rings. The molecule has 0 spiro atoms. The van der Waals surface area contributed by atoms with E-state index >= 15 is 0 Å². The van der Waals surface area contributed by atoms with Crippen LogP contribution in [0.4, 0.5) is 0 Å². The zero-order chi connectivity index (χ0) is 13.9. The van der Waals surface area contributed by atoms with Gasteiger partial charge in [0.25, 0.3) is 5.91 Å². The predicted octanol–water partition coefficient (Wildman–Crippen LogP) is 1.94. The first-order chi connectivity index (χ1) is 8.32. The van der Waals surface area contributed by atoms with Gasteiger partial charge in [0.15, 0.2) is 6.10 Å². The van der Waals surface area contributed by atoms with Gasteiger partial charge in [0.05, 0.1) is 5.56 Å². The third kappa shape index (κ3) is 3.68. The zero-order valence-electron chi connectivity index (χ0n) is 10.4. The molecule has 0 aliphatic heterocycles. The molecule has 18 heavy (non-hydrogen) atoms. The minimum Gasteiger partial charge on any atom is -0.480 e. The van der Waals surface area contributed by atoms with Crippen molar-refractivity contribution in [3.8, 4) is 5.75 Å². The molecule has 1 unspecified atom stereocenters. The number of nitrogens with two attached hydrogens (primary N) is 1. The van der Waals surface area contributed by atoms with Crippen LogP contribution in [0.2, 0.25) is 0 Å². The van der Waals surface area contributed by atoms with Crippen molar-refractivity contribution in [3.05, 3.63) is 28.2 Å². The summed E-state index contributed by atoms with van der Waals surface area (Å²) in [5, 5.41) is 0. The van der Waals surface area contributed by atoms with Gasteiger partial charge in [0.1, 0.15) is 10.7 Å². The summed E-state index contributed by atoms with van der Waals surface area (Å²) in [5.41, 5.74) is 6.24. The molecule has 6 heteroatoms. The molecular weight excluding hydrogens is 316 g/mol. The average Bonchev–Trinajstić information content (AvgIpc) is 2.29. The first-order valence-electron chi connectivity index (χ1n) is 5.30. The van der Waals surface area contributed by atoms with Gasteiger partial charge in [0, 0.05) is 18.6 Å². The third-order valence-corrected chi connectivity index (χ3v) is 3.01. The Hall–Kier alpha value is -1.14. The monoisotopic (exact) mass is 330 g/mol. The van der Waals surface area contributed by atoms with Crippen LogP contribution in [-0.4, -0.2) is 36.0 Å². The summed E-state index contributed by atoms with van der Waals surface area (Å²) in [4.78, 5) is 13.4. The summed E-state index contributed by atoms with van der Waals surface area (Å²) in [6.07, 6.45) is -0.589. The van der Waals surface area contributed by atoms with Gasteiger partial charge in [-0.25, -0.2) is 0 Å². The van der Waals surface area contributed by atoms with E-state index < -0.39 is 6.10 Å². The largest absolute Gasteiger partial charge is 0.480 e. The highest BCUT2D eigenvalue weighted by Gasteiger charge is 2.18. The van der Waals surface area contributed by atoms with Gasteiger partial charge in [-0.05, 0) is 25.1 Å². The standard InChI is InChI=1S/C12H15BrN2O2S/c1-7(12(16)15(2)3)17-10-5-4-8(13)6-9(10)11(14)18/h4-7H,1-3H3,(H2,14,18). The topological polar surface area (TPSA) is 55.6 Å². The van der Waals surface area contributed by atoms with E-state index in [2.05, 4.69) is 15.9 Å². The van der Waals surface area contributed by atoms with Gasteiger partial charge in [-0.3, -0.25) is 4.79 Å². The Morgan fingerprint density at radius 3 is 2.61 bits per heavy atom. The van der Waals surface area contributed by atoms with Crippen LogP contribution >= 0.6 is 28.1 Å². The van der Waals surface area contributed by atoms with Crippen molar-refractivity contribution in [1.82, 2.24) is 4.90 Å². The van der Waals surface area contributed by atoms with Crippen molar-refractivity contribution in [1.29, 1.82) is 0 Å². The molecule has 0 fully saturated rings. The molecule has 0 aliphatic rings. The first kappa shape index (κ1) is 14.9. The van der Waals surface area contributed by atoms with Gasteiger partial charge < -0.3 is 15.4 Å². The van der Waals surface area contributed by atoms with Crippen molar-refractivity contribution in [2.45, 2.75) is 13.0 Å². The maximum absolute atomic E-state index is 11.7. The van der Waals surface area contributed by atoms with E-state index in [0.29, 0.717) is 11.3 Å². The number of carbonyl (C=O) groups excluding carboxylic acids is 1. The van der Waals surface area contributed by atoms with Gasteiger partial charge in [-0.1, -0.05) is 28.1 Å². The average molecular weight is 331 g/mol. The third-order valence-electron chi connectivity index (χ3n) is 2.30. The fourth-order valence-electron chi connectivity index (χ4n) is 1.40. The molecule has 0 saturated carbocycles. The Labute approximate surface area is 120 Å². The minimum atomic E-state index is -0.589. The maximum Gasteiger partial charge on any atom is 0.262 e. The van der Waals surface area contributed by atoms with E-state index in [9.17, 15) is 4.79 Å². The zero-order valence-corrected chi connectivity index (χ0v) is 12.8. The molecule has 0 heterocycles. The van der Waals surface area contributed by atoms with Gasteiger partial charge in [-0.2, -0.15) is 0 Å². The Morgan fingerprint density at radius 2 is 2.11 bits per heavy atom. The number of carbonyl (C=O) groups is 1. The quantitative estimate of drug-likeness (QED) is 0.857. The summed E-state index contributed by atoms with van der Waals surface area (Å²) >= 11 is 8.30. The maximum atomic E-state index is 11.7. The lowest BCUT2D eigenvalue weighted by Crippen LogP contribution is -2.35. The molecule has 1 atom stereocenters. The number of halogens is 1. The lowest BCUT2D eigenvalue weighted by atomic mass is 10.2. The second-order valence-corrected chi connectivity index (χ2v) is 5.35. The number of hydrogen-bond acceptors (Lipinski definition) is 3. The van der Waals surface area contributed by atoms with E-state index in [1.54, 1.807) is 33.2 Å². The summed E-state index contributed by atoms with van der Waals surface area (Å²) in [5.74, 6) is 0.389. The number of hydrogen-bond donors (Lipinski definition) is 1. The molecule has 0 radical (unpaired) electrons. The molecule has 4 nitrogen and oxygen atoms in total. The molecule has 0 aromatic heterocycles.